The standard InChI is InChI=1S/C38H45NO3/c1-7-34(36(40)31-17-10-8-11-18-31)38(41)42-37(32-19-12-9-13-20-32)30(6)39(24-33-21-15-14-16-27(33)3)25-35-28(4)22-26(2)23-29(35)5/h8-23,30,34,36-37,40H,7,24-25H2,1-6H3/t30-,34-,36-,37-/m0/s1. The molecule has 0 heterocycles. The highest BCUT2D eigenvalue weighted by atomic mass is 16.5. The zero-order valence-corrected chi connectivity index (χ0v) is 25.9. The van der Waals surface area contributed by atoms with E-state index in [9.17, 15) is 9.90 Å². The lowest BCUT2D eigenvalue weighted by molar-refractivity contribution is -0.163. The van der Waals surface area contributed by atoms with E-state index in [1.165, 1.54) is 33.4 Å². The minimum atomic E-state index is -0.934. The fourth-order valence-electron chi connectivity index (χ4n) is 5.91. The highest BCUT2D eigenvalue weighted by molar-refractivity contribution is 5.73. The Morgan fingerprint density at radius 3 is 1.88 bits per heavy atom. The molecule has 4 aromatic carbocycles. The van der Waals surface area contributed by atoms with Crippen molar-refractivity contribution in [2.75, 3.05) is 0 Å². The largest absolute Gasteiger partial charge is 0.456 e. The molecule has 4 rings (SSSR count). The van der Waals surface area contributed by atoms with Crippen LogP contribution in [-0.2, 0) is 22.6 Å². The second kappa shape index (κ2) is 14.4. The SMILES string of the molecule is CC[C@H](C(=O)O[C@H](c1ccccc1)[C@H](C)N(Cc1ccccc1C)Cc1c(C)cc(C)cc1C)[C@@H](O)c1ccccc1. The second-order valence-electron chi connectivity index (χ2n) is 11.6. The Bertz CT molecular complexity index is 1430. The topological polar surface area (TPSA) is 49.8 Å². The number of carbonyl (C=O) groups excluding carboxylic acids is 1. The summed E-state index contributed by atoms with van der Waals surface area (Å²) in [4.78, 5) is 16.2. The Labute approximate surface area is 252 Å². The molecule has 0 aliphatic carbocycles. The van der Waals surface area contributed by atoms with E-state index in [1.54, 1.807) is 0 Å². The molecule has 1 N–H and O–H groups in total. The lowest BCUT2D eigenvalue weighted by atomic mass is 9.93. The first kappa shape index (κ1) is 31.2. The summed E-state index contributed by atoms with van der Waals surface area (Å²) >= 11 is 0. The smallest absolute Gasteiger partial charge is 0.312 e. The summed E-state index contributed by atoms with van der Waals surface area (Å²) in [5.41, 5.74) is 9.22. The molecule has 0 aromatic heterocycles. The third-order valence-corrected chi connectivity index (χ3v) is 8.49. The fraction of sp³-hybridized carbons (Fsp3) is 0.342. The molecule has 4 heteroatoms. The van der Waals surface area contributed by atoms with E-state index in [-0.39, 0.29) is 12.0 Å². The van der Waals surface area contributed by atoms with Crippen molar-refractivity contribution in [3.8, 4) is 0 Å². The van der Waals surface area contributed by atoms with E-state index < -0.39 is 18.1 Å². The van der Waals surface area contributed by atoms with Gasteiger partial charge in [-0.2, -0.15) is 0 Å². The van der Waals surface area contributed by atoms with Crippen molar-refractivity contribution in [3.63, 3.8) is 0 Å². The predicted octanol–water partition coefficient (Wildman–Crippen LogP) is 8.36. The van der Waals surface area contributed by atoms with Gasteiger partial charge in [0, 0.05) is 19.1 Å². The summed E-state index contributed by atoms with van der Waals surface area (Å²) < 4.78 is 6.42. The normalized spacial score (nSPS) is 14.3. The molecule has 220 valence electrons. The van der Waals surface area contributed by atoms with Gasteiger partial charge in [-0.1, -0.05) is 110 Å². The molecule has 0 aliphatic rings. The number of rotatable bonds is 12. The van der Waals surface area contributed by atoms with Crippen molar-refractivity contribution >= 4 is 5.97 Å². The summed E-state index contributed by atoms with van der Waals surface area (Å²) in [6, 6.07) is 32.2. The van der Waals surface area contributed by atoms with Crippen molar-refractivity contribution < 1.29 is 14.6 Å². The number of aryl methyl sites for hydroxylation is 4. The highest BCUT2D eigenvalue weighted by Crippen LogP contribution is 2.33. The van der Waals surface area contributed by atoms with Crippen molar-refractivity contribution in [2.24, 2.45) is 5.92 Å². The van der Waals surface area contributed by atoms with E-state index in [4.69, 9.17) is 4.74 Å². The van der Waals surface area contributed by atoms with Crippen LogP contribution in [0.4, 0.5) is 0 Å². The molecule has 0 radical (unpaired) electrons. The average Bonchev–Trinajstić information content (AvgIpc) is 2.99. The predicted molar refractivity (Wildman–Crippen MR) is 171 cm³/mol. The summed E-state index contributed by atoms with van der Waals surface area (Å²) in [6.45, 7) is 14.1. The monoisotopic (exact) mass is 563 g/mol. The quantitative estimate of drug-likeness (QED) is 0.176. The van der Waals surface area contributed by atoms with Gasteiger partial charge in [0.15, 0.2) is 0 Å². The number of hydrogen-bond donors (Lipinski definition) is 1. The van der Waals surface area contributed by atoms with Gasteiger partial charge in [0.2, 0.25) is 0 Å². The van der Waals surface area contributed by atoms with Crippen LogP contribution in [0.1, 0.15) is 77.0 Å². The van der Waals surface area contributed by atoms with E-state index in [2.05, 4.69) is 75.9 Å². The summed E-state index contributed by atoms with van der Waals surface area (Å²) in [5, 5.41) is 11.2. The maximum atomic E-state index is 13.8. The molecule has 42 heavy (non-hydrogen) atoms. The van der Waals surface area contributed by atoms with Crippen LogP contribution < -0.4 is 0 Å². The number of aliphatic hydroxyl groups excluding tert-OH is 1. The van der Waals surface area contributed by atoms with Crippen molar-refractivity contribution in [1.82, 2.24) is 4.90 Å². The van der Waals surface area contributed by atoms with Gasteiger partial charge in [-0.25, -0.2) is 0 Å². The number of ether oxygens (including phenoxy) is 1. The Morgan fingerprint density at radius 1 is 0.762 bits per heavy atom. The van der Waals surface area contributed by atoms with E-state index >= 15 is 0 Å². The molecule has 0 amide bonds. The molecule has 4 aromatic rings. The molecule has 0 unspecified atom stereocenters. The molecule has 0 saturated carbocycles. The van der Waals surface area contributed by atoms with Crippen LogP contribution >= 0.6 is 0 Å². The van der Waals surface area contributed by atoms with Crippen LogP contribution in [0.5, 0.6) is 0 Å². The van der Waals surface area contributed by atoms with Crippen molar-refractivity contribution in [1.29, 1.82) is 0 Å². The Morgan fingerprint density at radius 2 is 1.31 bits per heavy atom. The van der Waals surface area contributed by atoms with Gasteiger partial charge in [0.1, 0.15) is 6.10 Å². The highest BCUT2D eigenvalue weighted by Gasteiger charge is 2.34. The molecule has 4 atom stereocenters. The summed E-state index contributed by atoms with van der Waals surface area (Å²) in [6.07, 6.45) is -0.985. The van der Waals surface area contributed by atoms with Crippen LogP contribution in [0, 0.1) is 33.6 Å². The molecule has 4 nitrogen and oxygen atoms in total. The Kier molecular flexibility index (Phi) is 10.7. The van der Waals surface area contributed by atoms with Gasteiger partial charge < -0.3 is 9.84 Å². The van der Waals surface area contributed by atoms with Gasteiger partial charge in [-0.05, 0) is 80.0 Å². The number of hydrogen-bond acceptors (Lipinski definition) is 4. The second-order valence-corrected chi connectivity index (χ2v) is 11.6. The minimum Gasteiger partial charge on any atom is -0.456 e. The molecule has 0 spiro atoms. The van der Waals surface area contributed by atoms with Crippen molar-refractivity contribution in [2.45, 2.75) is 79.3 Å². The first-order valence-corrected chi connectivity index (χ1v) is 15.0. The lowest BCUT2D eigenvalue weighted by Crippen LogP contribution is -2.40. The number of esters is 1. The van der Waals surface area contributed by atoms with Crippen molar-refractivity contribution in [3.05, 3.63) is 142 Å². The van der Waals surface area contributed by atoms with E-state index in [0.717, 1.165) is 17.7 Å². The van der Waals surface area contributed by atoms with Gasteiger partial charge in [-0.3, -0.25) is 9.69 Å². The van der Waals surface area contributed by atoms with Crippen LogP contribution in [0.15, 0.2) is 97.1 Å². The van der Waals surface area contributed by atoms with E-state index in [0.29, 0.717) is 13.0 Å². The van der Waals surface area contributed by atoms with Gasteiger partial charge in [0.05, 0.1) is 12.0 Å². The molecule has 0 fully saturated rings. The minimum absolute atomic E-state index is 0.151. The first-order valence-electron chi connectivity index (χ1n) is 15.0. The number of benzene rings is 4. The average molecular weight is 564 g/mol. The zero-order valence-electron chi connectivity index (χ0n) is 25.9. The number of carbonyl (C=O) groups is 1. The Hall–Kier alpha value is -3.73. The number of nitrogens with zero attached hydrogens (tertiary/aromatic N) is 1. The third kappa shape index (κ3) is 7.56. The van der Waals surface area contributed by atoms with Crippen LogP contribution in [-0.4, -0.2) is 22.0 Å². The van der Waals surface area contributed by atoms with Gasteiger partial charge in [0.25, 0.3) is 0 Å². The number of aliphatic hydroxyl groups is 1. The van der Waals surface area contributed by atoms with Crippen LogP contribution in [0.2, 0.25) is 0 Å². The molecular formula is C38H45NO3. The van der Waals surface area contributed by atoms with Gasteiger partial charge >= 0.3 is 5.97 Å². The van der Waals surface area contributed by atoms with Crippen LogP contribution in [0.25, 0.3) is 0 Å². The zero-order chi connectivity index (χ0) is 30.2. The van der Waals surface area contributed by atoms with Gasteiger partial charge in [-0.15, -0.1) is 0 Å². The molecule has 0 bridgehead atoms. The third-order valence-electron chi connectivity index (χ3n) is 8.49. The van der Waals surface area contributed by atoms with Crippen LogP contribution in [0.3, 0.4) is 0 Å². The fourth-order valence-corrected chi connectivity index (χ4v) is 5.91. The maximum Gasteiger partial charge on any atom is 0.312 e. The Balaban J connectivity index is 1.71. The molecule has 0 aliphatic heterocycles. The molecule has 0 saturated heterocycles. The maximum absolute atomic E-state index is 13.8. The summed E-state index contributed by atoms with van der Waals surface area (Å²) in [5.74, 6) is -1.05. The molecular weight excluding hydrogens is 518 g/mol. The summed E-state index contributed by atoms with van der Waals surface area (Å²) in [7, 11) is 0. The lowest BCUT2D eigenvalue weighted by Gasteiger charge is -2.36. The first-order chi connectivity index (χ1) is 20.2. The van der Waals surface area contributed by atoms with E-state index in [1.807, 2.05) is 67.6 Å².